The van der Waals surface area contributed by atoms with Gasteiger partial charge in [-0.2, -0.15) is 0 Å². The Morgan fingerprint density at radius 1 is 0.917 bits per heavy atom. The van der Waals surface area contributed by atoms with Gasteiger partial charge in [-0.15, -0.1) is 0 Å². The summed E-state index contributed by atoms with van der Waals surface area (Å²) in [6, 6.07) is 11.0. The van der Waals surface area contributed by atoms with Gasteiger partial charge in [0, 0.05) is 39.3 Å². The van der Waals surface area contributed by atoms with Crippen LogP contribution >= 0.6 is 0 Å². The van der Waals surface area contributed by atoms with Crippen molar-refractivity contribution in [3.63, 3.8) is 0 Å². The molecule has 4 aliphatic carbocycles. The first-order valence-electron chi connectivity index (χ1n) is 15.2. The minimum absolute atomic E-state index is 0.0911. The van der Waals surface area contributed by atoms with Crippen molar-refractivity contribution in [2.45, 2.75) is 84.8 Å². The van der Waals surface area contributed by atoms with Crippen LogP contribution in [0, 0.1) is 40.4 Å². The van der Waals surface area contributed by atoms with E-state index in [-0.39, 0.29) is 6.10 Å². The second-order valence-electron chi connectivity index (χ2n) is 13.9. The summed E-state index contributed by atoms with van der Waals surface area (Å²) in [5, 5.41) is 10.3. The fourth-order valence-electron chi connectivity index (χ4n) is 10.1. The number of rotatable bonds is 5. The van der Waals surface area contributed by atoms with Crippen LogP contribution in [0.15, 0.2) is 42.0 Å². The Balaban J connectivity index is 1.07. The van der Waals surface area contributed by atoms with Gasteiger partial charge in [0.05, 0.1) is 6.10 Å². The summed E-state index contributed by atoms with van der Waals surface area (Å²) in [7, 11) is 0. The second kappa shape index (κ2) is 9.86. The number of benzene rings is 1. The van der Waals surface area contributed by atoms with E-state index in [0.717, 1.165) is 49.0 Å². The van der Waals surface area contributed by atoms with Gasteiger partial charge < -0.3 is 10.0 Å². The summed E-state index contributed by atoms with van der Waals surface area (Å²) in [6.07, 6.45) is 12.7. The van der Waals surface area contributed by atoms with Gasteiger partial charge in [-0.3, -0.25) is 4.90 Å². The number of nitrogens with zero attached hydrogens (tertiary/aromatic N) is 2. The van der Waals surface area contributed by atoms with E-state index in [2.05, 4.69) is 67.0 Å². The van der Waals surface area contributed by atoms with Crippen molar-refractivity contribution in [2.75, 3.05) is 32.7 Å². The summed E-state index contributed by atoms with van der Waals surface area (Å²) in [5.74, 6) is 4.33. The minimum Gasteiger partial charge on any atom is -0.393 e. The number of aliphatic hydroxyl groups is 1. The normalized spacial score (nSPS) is 42.2. The molecule has 0 aromatic heterocycles. The summed E-state index contributed by atoms with van der Waals surface area (Å²) in [6.45, 7) is 15.1. The van der Waals surface area contributed by atoms with Crippen molar-refractivity contribution in [3.05, 3.63) is 47.5 Å². The van der Waals surface area contributed by atoms with Crippen LogP contribution in [0.5, 0.6) is 0 Å². The molecule has 0 bridgehead atoms. The molecular weight excluding hydrogens is 440 g/mol. The van der Waals surface area contributed by atoms with Gasteiger partial charge in [-0.05, 0) is 97.3 Å². The van der Waals surface area contributed by atoms with E-state index < -0.39 is 0 Å². The number of hydrogen-bond donors (Lipinski definition) is 1. The number of fused-ring (bicyclic) bond motifs is 5. The monoisotopic (exact) mass is 490 g/mol. The molecule has 0 spiro atoms. The van der Waals surface area contributed by atoms with Crippen LogP contribution in [-0.4, -0.2) is 53.7 Å². The fourth-order valence-corrected chi connectivity index (χ4v) is 10.1. The van der Waals surface area contributed by atoms with Gasteiger partial charge >= 0.3 is 0 Å². The Morgan fingerprint density at radius 2 is 1.67 bits per heavy atom. The van der Waals surface area contributed by atoms with E-state index in [1.54, 1.807) is 5.57 Å². The fraction of sp³-hybridized carbons (Fsp3) is 0.758. The Morgan fingerprint density at radius 3 is 2.44 bits per heavy atom. The minimum atomic E-state index is -0.0911. The molecule has 1 unspecified atom stereocenters. The SMILES string of the molecule is C[C@H](CN1CCN(Cc2ccccc2)CC1)[C@H]1CC[C@H]2[C@@H]3CC=C4CC(O)CC[C@]4(C)[C@H]3CC[C@]12C. The van der Waals surface area contributed by atoms with Gasteiger partial charge in [-0.25, -0.2) is 0 Å². The van der Waals surface area contributed by atoms with Crippen molar-refractivity contribution < 1.29 is 5.11 Å². The maximum Gasteiger partial charge on any atom is 0.0577 e. The predicted molar refractivity (Wildman–Crippen MR) is 149 cm³/mol. The first kappa shape index (κ1) is 25.1. The molecule has 1 aromatic carbocycles. The van der Waals surface area contributed by atoms with Crippen molar-refractivity contribution in [1.29, 1.82) is 0 Å². The number of aliphatic hydroxyl groups excluding tert-OH is 1. The zero-order chi connectivity index (χ0) is 24.9. The highest BCUT2D eigenvalue weighted by atomic mass is 16.3. The molecule has 4 fully saturated rings. The van der Waals surface area contributed by atoms with E-state index in [1.807, 2.05) is 0 Å². The van der Waals surface area contributed by atoms with Crippen LogP contribution in [-0.2, 0) is 6.54 Å². The predicted octanol–water partition coefficient (Wildman–Crippen LogP) is 6.38. The maximum absolute atomic E-state index is 10.3. The summed E-state index contributed by atoms with van der Waals surface area (Å²) >= 11 is 0. The third-order valence-corrected chi connectivity index (χ3v) is 12.1. The molecule has 6 rings (SSSR count). The Kier molecular flexibility index (Phi) is 6.88. The molecule has 1 aromatic rings. The first-order valence-corrected chi connectivity index (χ1v) is 15.2. The number of piperazine rings is 1. The lowest BCUT2D eigenvalue weighted by Crippen LogP contribution is -2.52. The van der Waals surface area contributed by atoms with Crippen molar-refractivity contribution in [3.8, 4) is 0 Å². The Labute approximate surface area is 220 Å². The molecular formula is C33H50N2O. The average Bonchev–Trinajstić information content (AvgIpc) is 3.24. The van der Waals surface area contributed by atoms with E-state index in [4.69, 9.17) is 0 Å². The Bertz CT molecular complexity index is 936. The van der Waals surface area contributed by atoms with Crippen LogP contribution in [0.2, 0.25) is 0 Å². The third-order valence-electron chi connectivity index (χ3n) is 12.1. The molecule has 1 heterocycles. The molecule has 1 saturated heterocycles. The van der Waals surface area contributed by atoms with Gasteiger partial charge in [0.15, 0.2) is 0 Å². The summed E-state index contributed by atoms with van der Waals surface area (Å²) in [4.78, 5) is 5.42. The maximum atomic E-state index is 10.3. The molecule has 0 amide bonds. The van der Waals surface area contributed by atoms with Crippen molar-refractivity contribution in [1.82, 2.24) is 9.80 Å². The van der Waals surface area contributed by atoms with E-state index >= 15 is 0 Å². The van der Waals surface area contributed by atoms with Crippen LogP contribution in [0.4, 0.5) is 0 Å². The molecule has 3 saturated carbocycles. The quantitative estimate of drug-likeness (QED) is 0.485. The second-order valence-corrected chi connectivity index (χ2v) is 13.9. The highest BCUT2D eigenvalue weighted by molar-refractivity contribution is 5.25. The molecule has 1 aliphatic heterocycles. The lowest BCUT2D eigenvalue weighted by atomic mass is 9.47. The molecule has 36 heavy (non-hydrogen) atoms. The molecule has 3 heteroatoms. The zero-order valence-corrected chi connectivity index (χ0v) is 23.2. The molecule has 1 N–H and O–H groups in total. The molecule has 0 radical (unpaired) electrons. The highest BCUT2D eigenvalue weighted by Crippen LogP contribution is 2.67. The number of hydrogen-bond acceptors (Lipinski definition) is 3. The molecule has 3 nitrogen and oxygen atoms in total. The summed E-state index contributed by atoms with van der Waals surface area (Å²) < 4.78 is 0. The number of allylic oxidation sites excluding steroid dienone is 1. The van der Waals surface area contributed by atoms with Crippen molar-refractivity contribution >= 4 is 0 Å². The Hall–Kier alpha value is -1.16. The van der Waals surface area contributed by atoms with Gasteiger partial charge in [-0.1, -0.05) is 62.8 Å². The van der Waals surface area contributed by atoms with Crippen LogP contribution in [0.1, 0.15) is 77.7 Å². The largest absolute Gasteiger partial charge is 0.393 e. The summed E-state index contributed by atoms with van der Waals surface area (Å²) in [5.41, 5.74) is 3.96. The van der Waals surface area contributed by atoms with Crippen LogP contribution < -0.4 is 0 Å². The average molecular weight is 491 g/mol. The van der Waals surface area contributed by atoms with E-state index in [9.17, 15) is 5.11 Å². The first-order chi connectivity index (χ1) is 17.4. The van der Waals surface area contributed by atoms with Crippen LogP contribution in [0.25, 0.3) is 0 Å². The van der Waals surface area contributed by atoms with E-state index in [1.165, 1.54) is 76.8 Å². The topological polar surface area (TPSA) is 26.7 Å². The highest BCUT2D eigenvalue weighted by Gasteiger charge is 2.59. The standard InChI is InChI=1S/C33H50N2O/c1-24(22-34-17-19-35(20-18-34)23-25-7-5-4-6-8-25)29-11-12-30-28-10-9-26-21-27(36)13-15-32(26,2)31(28)14-16-33(29,30)3/h4-9,24,27-31,36H,10-23H2,1-3H3/t24-,27?,28+,29-,30+,31+,32+,33-/m1/s1. The van der Waals surface area contributed by atoms with Crippen LogP contribution in [0.3, 0.4) is 0 Å². The zero-order valence-electron chi connectivity index (χ0n) is 23.2. The lowest BCUT2D eigenvalue weighted by molar-refractivity contribution is -0.0591. The van der Waals surface area contributed by atoms with E-state index in [0.29, 0.717) is 10.8 Å². The van der Waals surface area contributed by atoms with Gasteiger partial charge in [0.2, 0.25) is 0 Å². The molecule has 198 valence electrons. The molecule has 5 aliphatic rings. The van der Waals surface area contributed by atoms with Crippen molar-refractivity contribution in [2.24, 2.45) is 40.4 Å². The van der Waals surface area contributed by atoms with Gasteiger partial charge in [0.1, 0.15) is 0 Å². The molecule has 8 atom stereocenters. The smallest absolute Gasteiger partial charge is 0.0577 e. The third kappa shape index (κ3) is 4.41. The lowest BCUT2D eigenvalue weighted by Gasteiger charge is -2.58. The van der Waals surface area contributed by atoms with Gasteiger partial charge in [0.25, 0.3) is 0 Å².